The molecule has 4 rings (SSSR count). The van der Waals surface area contributed by atoms with Crippen molar-refractivity contribution < 1.29 is 14.9 Å². The molecule has 0 bridgehead atoms. The van der Waals surface area contributed by atoms with Crippen molar-refractivity contribution in [2.24, 2.45) is 0 Å². The van der Waals surface area contributed by atoms with Gasteiger partial charge < -0.3 is 19.9 Å². The number of H-pyrrole nitrogens is 1. The SMILES string of the molecule is OCCCOCc1ccnc2c1C(O)=S(c1nc3ccccc3[nH]1)C2. The van der Waals surface area contributed by atoms with Crippen LogP contribution in [0.3, 0.4) is 0 Å². The number of nitrogens with zero attached hydrogens (tertiary/aromatic N) is 2. The average Bonchev–Trinajstić information content (AvgIpc) is 3.20. The Labute approximate surface area is 147 Å². The van der Waals surface area contributed by atoms with Crippen LogP contribution in [0.15, 0.2) is 41.7 Å². The van der Waals surface area contributed by atoms with Crippen LogP contribution in [0.5, 0.6) is 0 Å². The number of aromatic amines is 1. The molecule has 3 aromatic rings. The van der Waals surface area contributed by atoms with Crippen LogP contribution in [0.4, 0.5) is 0 Å². The number of aliphatic hydroxyl groups is 2. The number of para-hydroxylation sites is 2. The molecule has 2 aromatic heterocycles. The first-order valence-electron chi connectivity index (χ1n) is 8.15. The molecule has 1 unspecified atom stereocenters. The highest BCUT2D eigenvalue weighted by Gasteiger charge is 2.26. The minimum atomic E-state index is -0.536. The van der Waals surface area contributed by atoms with Crippen molar-refractivity contribution in [1.82, 2.24) is 15.0 Å². The highest BCUT2D eigenvalue weighted by molar-refractivity contribution is 8.15. The van der Waals surface area contributed by atoms with Gasteiger partial charge in [0.2, 0.25) is 0 Å². The maximum absolute atomic E-state index is 10.8. The number of benzene rings is 1. The summed E-state index contributed by atoms with van der Waals surface area (Å²) in [6.07, 6.45) is 2.36. The number of imidazole rings is 1. The maximum Gasteiger partial charge on any atom is 0.163 e. The summed E-state index contributed by atoms with van der Waals surface area (Å²) in [4.78, 5) is 12.4. The Morgan fingerprint density at radius 3 is 2.96 bits per heavy atom. The van der Waals surface area contributed by atoms with Gasteiger partial charge in [-0.3, -0.25) is 4.98 Å². The third-order valence-electron chi connectivity index (χ3n) is 4.15. The smallest absolute Gasteiger partial charge is 0.163 e. The van der Waals surface area contributed by atoms with E-state index in [0.29, 0.717) is 30.4 Å². The van der Waals surface area contributed by atoms with E-state index in [4.69, 9.17) is 9.84 Å². The number of hydrogen-bond donors (Lipinski definition) is 3. The monoisotopic (exact) mass is 357 g/mol. The van der Waals surface area contributed by atoms with Crippen molar-refractivity contribution in [3.63, 3.8) is 0 Å². The number of fused-ring (bicyclic) bond motifs is 2. The normalized spacial score (nSPS) is 16.6. The summed E-state index contributed by atoms with van der Waals surface area (Å²) in [5.41, 5.74) is 4.45. The number of nitrogens with one attached hydrogen (secondary N) is 1. The lowest BCUT2D eigenvalue weighted by atomic mass is 10.1. The van der Waals surface area contributed by atoms with Gasteiger partial charge in [-0.1, -0.05) is 22.6 Å². The van der Waals surface area contributed by atoms with Crippen LogP contribution >= 0.6 is 10.5 Å². The summed E-state index contributed by atoms with van der Waals surface area (Å²) in [6.45, 7) is 0.997. The van der Waals surface area contributed by atoms with Crippen molar-refractivity contribution in [2.45, 2.75) is 23.9 Å². The molecule has 130 valence electrons. The van der Waals surface area contributed by atoms with E-state index in [9.17, 15) is 5.11 Å². The van der Waals surface area contributed by atoms with E-state index in [1.165, 1.54) is 0 Å². The van der Waals surface area contributed by atoms with Crippen molar-refractivity contribution in [1.29, 1.82) is 0 Å². The van der Waals surface area contributed by atoms with Gasteiger partial charge in [0, 0.05) is 30.7 Å². The van der Waals surface area contributed by atoms with Gasteiger partial charge in [0.1, 0.15) is 5.05 Å². The van der Waals surface area contributed by atoms with Gasteiger partial charge in [-0.2, -0.15) is 0 Å². The standard InChI is InChI=1S/C18H19N3O3S/c22-8-3-9-24-10-12-6-7-19-15-11-25(17(23)16(12)15)18-20-13-4-1-2-5-14(13)21-18/h1-2,4-7,22-23H,3,8-11H2,(H,20,21). The molecule has 0 aliphatic carbocycles. The average molecular weight is 357 g/mol. The molecule has 6 nitrogen and oxygen atoms in total. The summed E-state index contributed by atoms with van der Waals surface area (Å²) in [7, 11) is -0.536. The molecule has 25 heavy (non-hydrogen) atoms. The number of rotatable bonds is 6. The minimum absolute atomic E-state index is 0.112. The number of hydrogen-bond acceptors (Lipinski definition) is 4. The zero-order valence-electron chi connectivity index (χ0n) is 13.6. The quantitative estimate of drug-likeness (QED) is 0.466. The fraction of sp³-hybridized carbons (Fsp3) is 0.278. The second kappa shape index (κ2) is 7.05. The van der Waals surface area contributed by atoms with E-state index < -0.39 is 10.5 Å². The van der Waals surface area contributed by atoms with Crippen LogP contribution in [0.2, 0.25) is 0 Å². The summed E-state index contributed by atoms with van der Waals surface area (Å²) in [5.74, 6) is 0.644. The van der Waals surface area contributed by atoms with Crippen molar-refractivity contribution in [3.05, 3.63) is 53.3 Å². The third kappa shape index (κ3) is 3.11. The number of ether oxygens (including phenoxy) is 1. The van der Waals surface area contributed by atoms with E-state index in [2.05, 4.69) is 15.0 Å². The first kappa shape index (κ1) is 16.4. The van der Waals surface area contributed by atoms with Crippen LogP contribution in [0.25, 0.3) is 11.0 Å². The van der Waals surface area contributed by atoms with Gasteiger partial charge in [-0.15, -0.1) is 0 Å². The fourth-order valence-corrected chi connectivity index (χ4v) is 4.81. The predicted molar refractivity (Wildman–Crippen MR) is 98.0 cm³/mol. The second-order valence-corrected chi connectivity index (χ2v) is 7.66. The zero-order chi connectivity index (χ0) is 17.2. The Balaban J connectivity index is 1.66. The van der Waals surface area contributed by atoms with Gasteiger partial charge in [0.15, 0.2) is 5.16 Å². The Bertz CT molecular complexity index is 919. The van der Waals surface area contributed by atoms with E-state index in [-0.39, 0.29) is 6.61 Å². The third-order valence-corrected chi connectivity index (χ3v) is 6.04. The topological polar surface area (TPSA) is 91.3 Å². The molecule has 0 spiro atoms. The molecule has 1 aromatic carbocycles. The van der Waals surface area contributed by atoms with Crippen molar-refractivity contribution in [2.75, 3.05) is 13.2 Å². The molecule has 1 aliphatic rings. The molecule has 3 N–H and O–H groups in total. The highest BCUT2D eigenvalue weighted by Crippen LogP contribution is 2.39. The molecule has 1 atom stereocenters. The van der Waals surface area contributed by atoms with Gasteiger partial charge in [0.05, 0.1) is 23.3 Å². The summed E-state index contributed by atoms with van der Waals surface area (Å²) >= 11 is 0. The van der Waals surface area contributed by atoms with Gasteiger partial charge in [-0.05, 0) is 30.2 Å². The Morgan fingerprint density at radius 2 is 2.12 bits per heavy atom. The molecule has 0 amide bonds. The summed E-state index contributed by atoms with van der Waals surface area (Å²) in [5, 5.41) is 20.8. The lowest BCUT2D eigenvalue weighted by Gasteiger charge is -2.08. The van der Waals surface area contributed by atoms with Gasteiger partial charge >= 0.3 is 0 Å². The number of pyridine rings is 1. The fourth-order valence-electron chi connectivity index (χ4n) is 2.92. The molecule has 3 heterocycles. The van der Waals surface area contributed by atoms with E-state index >= 15 is 0 Å². The zero-order valence-corrected chi connectivity index (χ0v) is 14.4. The van der Waals surface area contributed by atoms with E-state index in [1.807, 2.05) is 30.3 Å². The van der Waals surface area contributed by atoms with Crippen LogP contribution in [0.1, 0.15) is 23.2 Å². The minimum Gasteiger partial charge on any atom is -0.396 e. The van der Waals surface area contributed by atoms with Gasteiger partial charge in [0.25, 0.3) is 0 Å². The summed E-state index contributed by atoms with van der Waals surface area (Å²) < 4.78 is 5.59. The molecule has 0 saturated carbocycles. The molecule has 1 aliphatic heterocycles. The van der Waals surface area contributed by atoms with E-state index in [0.717, 1.165) is 33.0 Å². The van der Waals surface area contributed by atoms with Crippen molar-refractivity contribution in [3.8, 4) is 0 Å². The second-order valence-electron chi connectivity index (χ2n) is 5.82. The van der Waals surface area contributed by atoms with Crippen LogP contribution < -0.4 is 0 Å². The summed E-state index contributed by atoms with van der Waals surface area (Å²) in [6, 6.07) is 9.72. The molecule has 0 radical (unpaired) electrons. The Kier molecular flexibility index (Phi) is 4.63. The van der Waals surface area contributed by atoms with Crippen LogP contribution in [-0.4, -0.2) is 43.4 Å². The maximum atomic E-state index is 10.8. The first-order valence-corrected chi connectivity index (χ1v) is 9.54. The molecule has 7 heteroatoms. The van der Waals surface area contributed by atoms with E-state index in [1.54, 1.807) is 6.20 Å². The number of aromatic nitrogens is 3. The Morgan fingerprint density at radius 1 is 1.24 bits per heavy atom. The molecule has 0 fully saturated rings. The lowest BCUT2D eigenvalue weighted by Crippen LogP contribution is -2.06. The number of aliphatic hydroxyl groups excluding tert-OH is 2. The molecule has 0 saturated heterocycles. The largest absolute Gasteiger partial charge is 0.396 e. The van der Waals surface area contributed by atoms with Crippen molar-refractivity contribution >= 4 is 26.6 Å². The first-order chi connectivity index (χ1) is 12.3. The van der Waals surface area contributed by atoms with Crippen LogP contribution in [-0.2, 0) is 17.1 Å². The highest BCUT2D eigenvalue weighted by atomic mass is 32.2. The van der Waals surface area contributed by atoms with Crippen LogP contribution in [0, 0.1) is 0 Å². The lowest BCUT2D eigenvalue weighted by molar-refractivity contribution is 0.104. The Hall–Kier alpha value is -2.06. The molecular weight excluding hydrogens is 338 g/mol. The predicted octanol–water partition coefficient (Wildman–Crippen LogP) is 2.73. The van der Waals surface area contributed by atoms with Gasteiger partial charge in [-0.25, -0.2) is 4.98 Å². The molecular formula is C18H19N3O3S.